The van der Waals surface area contributed by atoms with E-state index in [1.54, 1.807) is 12.1 Å². The second-order valence-electron chi connectivity index (χ2n) is 7.18. The highest BCUT2D eigenvalue weighted by Gasteiger charge is 2.29. The molecule has 1 unspecified atom stereocenters. The van der Waals surface area contributed by atoms with Crippen LogP contribution in [0.3, 0.4) is 0 Å². The molecule has 0 bridgehead atoms. The van der Waals surface area contributed by atoms with Crippen molar-refractivity contribution in [3.8, 4) is 0 Å². The minimum atomic E-state index is -0.398. The predicted molar refractivity (Wildman–Crippen MR) is 98.2 cm³/mol. The van der Waals surface area contributed by atoms with E-state index in [1.165, 1.54) is 25.0 Å². The van der Waals surface area contributed by atoms with Crippen LogP contribution in [0, 0.1) is 19.7 Å². The summed E-state index contributed by atoms with van der Waals surface area (Å²) < 4.78 is 15.4. The number of amides is 1. The maximum Gasteiger partial charge on any atom is 0.279 e. The maximum absolute atomic E-state index is 13.2. The molecule has 26 heavy (non-hydrogen) atoms. The number of carbonyl (C=O) groups is 2. The molecular formula is C20H25FN3O2+. The number of anilines is 1. The van der Waals surface area contributed by atoms with Crippen LogP contribution in [0.4, 0.5) is 10.1 Å². The van der Waals surface area contributed by atoms with Gasteiger partial charge in [-0.3, -0.25) is 9.59 Å². The molecular weight excluding hydrogens is 333 g/mol. The van der Waals surface area contributed by atoms with Crippen LogP contribution in [0.1, 0.15) is 40.6 Å². The summed E-state index contributed by atoms with van der Waals surface area (Å²) in [5, 5.41) is 2.66. The zero-order valence-electron chi connectivity index (χ0n) is 15.4. The van der Waals surface area contributed by atoms with Crippen LogP contribution < -0.4 is 10.2 Å². The van der Waals surface area contributed by atoms with Crippen molar-refractivity contribution in [1.29, 1.82) is 0 Å². The van der Waals surface area contributed by atoms with Crippen LogP contribution >= 0.6 is 0 Å². The molecule has 0 saturated heterocycles. The summed E-state index contributed by atoms with van der Waals surface area (Å²) in [7, 11) is 1.81. The molecule has 3 rings (SSSR count). The normalized spacial score (nSPS) is 14.9. The third kappa shape index (κ3) is 4.19. The van der Waals surface area contributed by atoms with Crippen molar-refractivity contribution in [3.63, 3.8) is 0 Å². The first-order valence-electron chi connectivity index (χ1n) is 8.93. The molecule has 2 aromatic rings. The summed E-state index contributed by atoms with van der Waals surface area (Å²) in [4.78, 5) is 25.6. The van der Waals surface area contributed by atoms with Crippen LogP contribution in [0.25, 0.3) is 0 Å². The second-order valence-corrected chi connectivity index (χ2v) is 7.18. The molecule has 0 aliphatic heterocycles. The number of nitrogens with zero attached hydrogens (tertiary/aromatic N) is 1. The number of Topliss-reactive ketones (excluding diaryl/α,β-unsaturated/α-hetero) is 1. The molecule has 2 N–H and O–H groups in total. The van der Waals surface area contributed by atoms with E-state index in [2.05, 4.69) is 9.88 Å². The molecule has 5 nitrogen and oxygen atoms in total. The number of halogens is 1. The van der Waals surface area contributed by atoms with E-state index < -0.39 is 5.82 Å². The Morgan fingerprint density at radius 1 is 1.23 bits per heavy atom. The standard InChI is InChI=1S/C20H24FN3O2/c1-13-9-18(14(2)24(13)17-7-8-17)19(25)11-23(3)12-20(26)22-16-6-4-5-15(21)10-16/h4-6,9-10,17H,7-8,11-12H2,1-3H3,(H,22,26)/p+1. The lowest BCUT2D eigenvalue weighted by atomic mass is 10.1. The van der Waals surface area contributed by atoms with Gasteiger partial charge in [-0.25, -0.2) is 4.39 Å². The van der Waals surface area contributed by atoms with Gasteiger partial charge in [-0.2, -0.15) is 0 Å². The number of nitrogens with one attached hydrogen (secondary N) is 2. The number of aromatic nitrogens is 1. The smallest absolute Gasteiger partial charge is 0.279 e. The fourth-order valence-electron chi connectivity index (χ4n) is 3.43. The van der Waals surface area contributed by atoms with Gasteiger partial charge in [-0.1, -0.05) is 6.07 Å². The second kappa shape index (κ2) is 7.41. The molecule has 1 aromatic heterocycles. The monoisotopic (exact) mass is 358 g/mol. The molecule has 1 amide bonds. The Labute approximate surface area is 152 Å². The minimum absolute atomic E-state index is 0.0426. The number of carbonyl (C=O) groups excluding carboxylic acids is 2. The van der Waals surface area contributed by atoms with Crippen LogP contribution in [0.15, 0.2) is 30.3 Å². The number of likely N-dealkylation sites (N-methyl/N-ethyl adjacent to an activating group) is 1. The van der Waals surface area contributed by atoms with Crippen molar-refractivity contribution in [1.82, 2.24) is 4.57 Å². The molecule has 1 aliphatic rings. The van der Waals surface area contributed by atoms with Gasteiger partial charge < -0.3 is 14.8 Å². The molecule has 6 heteroatoms. The predicted octanol–water partition coefficient (Wildman–Crippen LogP) is 1.92. The highest BCUT2D eigenvalue weighted by molar-refractivity contribution is 5.98. The lowest BCUT2D eigenvalue weighted by molar-refractivity contribution is -0.861. The topological polar surface area (TPSA) is 55.5 Å². The molecule has 1 aromatic carbocycles. The Balaban J connectivity index is 1.57. The van der Waals surface area contributed by atoms with Gasteiger partial charge in [-0.05, 0) is 51.0 Å². The van der Waals surface area contributed by atoms with E-state index in [1.807, 2.05) is 27.0 Å². The SMILES string of the molecule is Cc1cc(C(=O)C[NH+](C)CC(=O)Nc2cccc(F)c2)c(C)n1C1CC1. The van der Waals surface area contributed by atoms with Gasteiger partial charge in [0.1, 0.15) is 12.4 Å². The lowest BCUT2D eigenvalue weighted by Crippen LogP contribution is -3.11. The Morgan fingerprint density at radius 2 is 1.96 bits per heavy atom. The van der Waals surface area contributed by atoms with Gasteiger partial charge in [0.2, 0.25) is 5.78 Å². The van der Waals surface area contributed by atoms with E-state index in [4.69, 9.17) is 0 Å². The molecule has 0 spiro atoms. The van der Waals surface area contributed by atoms with Gasteiger partial charge >= 0.3 is 0 Å². The largest absolute Gasteiger partial charge is 0.345 e. The average Bonchev–Trinajstić information content (AvgIpc) is 3.32. The molecule has 1 fully saturated rings. The molecule has 1 atom stereocenters. The molecule has 0 radical (unpaired) electrons. The summed E-state index contributed by atoms with van der Waals surface area (Å²) in [5.74, 6) is -0.602. The van der Waals surface area contributed by atoms with Gasteiger partial charge in [0.25, 0.3) is 5.91 Å². The third-order valence-electron chi connectivity index (χ3n) is 4.73. The summed E-state index contributed by atoms with van der Waals surface area (Å²) in [5.41, 5.74) is 3.31. The first-order chi connectivity index (χ1) is 12.3. The van der Waals surface area contributed by atoms with Crippen molar-refractivity contribution < 1.29 is 18.9 Å². The zero-order valence-corrected chi connectivity index (χ0v) is 15.4. The van der Waals surface area contributed by atoms with Crippen LogP contribution in [0.5, 0.6) is 0 Å². The minimum Gasteiger partial charge on any atom is -0.345 e. The summed E-state index contributed by atoms with van der Waals surface area (Å²) >= 11 is 0. The van der Waals surface area contributed by atoms with Crippen LogP contribution in [-0.2, 0) is 4.79 Å². The highest BCUT2D eigenvalue weighted by Crippen LogP contribution is 2.38. The highest BCUT2D eigenvalue weighted by atomic mass is 19.1. The summed E-state index contributed by atoms with van der Waals surface area (Å²) in [6.07, 6.45) is 2.35. The number of hydrogen-bond donors (Lipinski definition) is 2. The molecule has 1 aliphatic carbocycles. The van der Waals surface area contributed by atoms with E-state index in [0.717, 1.165) is 21.9 Å². The van der Waals surface area contributed by atoms with Crippen molar-refractivity contribution in [3.05, 3.63) is 53.1 Å². The van der Waals surface area contributed by atoms with Gasteiger partial charge in [-0.15, -0.1) is 0 Å². The number of hydrogen-bond acceptors (Lipinski definition) is 2. The quantitative estimate of drug-likeness (QED) is 0.743. The molecule has 1 heterocycles. The van der Waals surface area contributed by atoms with E-state index in [0.29, 0.717) is 11.7 Å². The van der Waals surface area contributed by atoms with Crippen molar-refractivity contribution in [2.45, 2.75) is 32.7 Å². The number of ketones is 1. The number of aryl methyl sites for hydroxylation is 1. The summed E-state index contributed by atoms with van der Waals surface area (Å²) in [6.45, 7) is 4.41. The Bertz CT molecular complexity index is 840. The number of rotatable bonds is 7. The van der Waals surface area contributed by atoms with Crippen molar-refractivity contribution >= 4 is 17.4 Å². The zero-order chi connectivity index (χ0) is 18.8. The van der Waals surface area contributed by atoms with Crippen LogP contribution in [0.2, 0.25) is 0 Å². The molecule has 1 saturated carbocycles. The first-order valence-corrected chi connectivity index (χ1v) is 8.93. The van der Waals surface area contributed by atoms with E-state index in [9.17, 15) is 14.0 Å². The Morgan fingerprint density at radius 3 is 2.62 bits per heavy atom. The fourth-order valence-corrected chi connectivity index (χ4v) is 3.43. The van der Waals surface area contributed by atoms with Crippen LogP contribution in [-0.4, -0.2) is 36.4 Å². The number of benzene rings is 1. The number of quaternary nitrogens is 1. The van der Waals surface area contributed by atoms with Gasteiger partial charge in [0, 0.05) is 28.7 Å². The average molecular weight is 358 g/mol. The maximum atomic E-state index is 13.2. The van der Waals surface area contributed by atoms with Gasteiger partial charge in [0.15, 0.2) is 6.54 Å². The van der Waals surface area contributed by atoms with E-state index in [-0.39, 0.29) is 24.8 Å². The fraction of sp³-hybridized carbons (Fsp3) is 0.400. The van der Waals surface area contributed by atoms with Crippen molar-refractivity contribution in [2.75, 3.05) is 25.5 Å². The van der Waals surface area contributed by atoms with Gasteiger partial charge in [0.05, 0.1) is 7.05 Å². The molecule has 138 valence electrons. The lowest BCUT2D eigenvalue weighted by Gasteiger charge is -2.13. The Hall–Kier alpha value is -2.47. The first kappa shape index (κ1) is 18.3. The Kier molecular flexibility index (Phi) is 5.23. The third-order valence-corrected chi connectivity index (χ3v) is 4.73. The van der Waals surface area contributed by atoms with Crippen molar-refractivity contribution in [2.24, 2.45) is 0 Å². The summed E-state index contributed by atoms with van der Waals surface area (Å²) in [6, 6.07) is 8.26. The van der Waals surface area contributed by atoms with E-state index >= 15 is 0 Å².